The van der Waals surface area contributed by atoms with Crippen molar-refractivity contribution >= 4 is 17.5 Å². The lowest BCUT2D eigenvalue weighted by Gasteiger charge is -2.19. The van der Waals surface area contributed by atoms with Crippen molar-refractivity contribution in [3.8, 4) is 0 Å². The molecule has 0 amide bonds. The second-order valence-electron chi connectivity index (χ2n) is 4.64. The predicted molar refractivity (Wildman–Crippen MR) is 59.2 cm³/mol. The first-order chi connectivity index (χ1) is 6.81. The minimum absolute atomic E-state index is 0.186. The second kappa shape index (κ2) is 4.26. The quantitative estimate of drug-likeness (QED) is 0.730. The molecule has 1 heterocycles. The third-order valence-electron chi connectivity index (χ3n) is 1.64. The number of carbonyl (C=O) groups is 1. The van der Waals surface area contributed by atoms with Crippen LogP contribution in [-0.4, -0.2) is 21.2 Å². The number of hydrogen-bond acceptors (Lipinski definition) is 5. The van der Waals surface area contributed by atoms with Crippen LogP contribution in [0, 0.1) is 0 Å². The van der Waals surface area contributed by atoms with Crippen LogP contribution in [0.1, 0.15) is 55.9 Å². The van der Waals surface area contributed by atoms with Crippen molar-refractivity contribution < 1.29 is 9.53 Å². The molecule has 4 nitrogen and oxygen atoms in total. The van der Waals surface area contributed by atoms with Crippen LogP contribution < -0.4 is 0 Å². The van der Waals surface area contributed by atoms with E-state index >= 15 is 0 Å². The summed E-state index contributed by atoms with van der Waals surface area (Å²) < 4.78 is 9.05. The summed E-state index contributed by atoms with van der Waals surface area (Å²) in [4.78, 5) is 12.3. The van der Waals surface area contributed by atoms with E-state index in [9.17, 15) is 4.79 Å². The molecule has 0 aliphatic heterocycles. The maximum atomic E-state index is 11.8. The normalized spacial score (nSPS) is 11.9. The third kappa shape index (κ3) is 3.27. The fourth-order valence-corrected chi connectivity index (χ4v) is 1.74. The minimum Gasteiger partial charge on any atom is -0.456 e. The van der Waals surface area contributed by atoms with Gasteiger partial charge in [-0.1, -0.05) is 18.3 Å². The van der Waals surface area contributed by atoms with E-state index in [4.69, 9.17) is 4.74 Å². The Morgan fingerprint density at radius 3 is 2.47 bits per heavy atom. The Kier molecular flexibility index (Phi) is 3.44. The fourth-order valence-electron chi connectivity index (χ4n) is 1.04. The van der Waals surface area contributed by atoms with Crippen LogP contribution in [0.15, 0.2) is 0 Å². The van der Waals surface area contributed by atoms with Crippen molar-refractivity contribution in [2.45, 2.75) is 46.1 Å². The Morgan fingerprint density at radius 2 is 2.00 bits per heavy atom. The lowest BCUT2D eigenvalue weighted by Crippen LogP contribution is -2.24. The van der Waals surface area contributed by atoms with Gasteiger partial charge in [-0.2, -0.15) is 0 Å². The van der Waals surface area contributed by atoms with E-state index in [2.05, 4.69) is 9.59 Å². The van der Waals surface area contributed by atoms with Gasteiger partial charge in [-0.3, -0.25) is 0 Å². The molecule has 1 rings (SSSR count). The van der Waals surface area contributed by atoms with Gasteiger partial charge in [-0.25, -0.2) is 4.79 Å². The Morgan fingerprint density at radius 1 is 1.40 bits per heavy atom. The maximum Gasteiger partial charge on any atom is 0.352 e. The van der Waals surface area contributed by atoms with E-state index in [1.54, 1.807) is 0 Å². The zero-order valence-corrected chi connectivity index (χ0v) is 10.5. The molecular weight excluding hydrogens is 212 g/mol. The van der Waals surface area contributed by atoms with Crippen molar-refractivity contribution in [3.63, 3.8) is 0 Å². The number of hydrogen-bond donors (Lipinski definition) is 0. The van der Waals surface area contributed by atoms with Gasteiger partial charge in [0.15, 0.2) is 4.88 Å². The SMILES string of the molecule is CC(C)c1nnsc1C(=O)OC(C)(C)C. The molecule has 0 N–H and O–H groups in total. The number of rotatable bonds is 2. The smallest absolute Gasteiger partial charge is 0.352 e. The molecule has 1 aromatic heterocycles. The first-order valence-electron chi connectivity index (χ1n) is 4.87. The van der Waals surface area contributed by atoms with E-state index in [-0.39, 0.29) is 11.9 Å². The molecule has 0 spiro atoms. The molecule has 0 radical (unpaired) electrons. The molecule has 15 heavy (non-hydrogen) atoms. The standard InChI is InChI=1S/C10H16N2O2S/c1-6(2)7-8(15-12-11-7)9(13)14-10(3,4)5/h6H,1-5H3. The predicted octanol–water partition coefficient (Wildman–Crippen LogP) is 2.62. The average Bonchev–Trinajstić information content (AvgIpc) is 2.47. The summed E-state index contributed by atoms with van der Waals surface area (Å²) in [6, 6.07) is 0. The van der Waals surface area contributed by atoms with Crippen molar-refractivity contribution in [2.75, 3.05) is 0 Å². The van der Waals surface area contributed by atoms with Crippen molar-refractivity contribution in [3.05, 3.63) is 10.6 Å². The van der Waals surface area contributed by atoms with Gasteiger partial charge < -0.3 is 4.74 Å². The van der Waals surface area contributed by atoms with Crippen LogP contribution in [0.4, 0.5) is 0 Å². The summed E-state index contributed by atoms with van der Waals surface area (Å²) in [6.07, 6.45) is 0. The fraction of sp³-hybridized carbons (Fsp3) is 0.700. The van der Waals surface area contributed by atoms with Crippen LogP contribution in [-0.2, 0) is 4.74 Å². The number of esters is 1. The van der Waals surface area contributed by atoms with E-state index in [0.717, 1.165) is 11.5 Å². The van der Waals surface area contributed by atoms with Gasteiger partial charge in [0.05, 0.1) is 5.69 Å². The molecule has 0 saturated carbocycles. The number of aromatic nitrogens is 2. The first-order valence-corrected chi connectivity index (χ1v) is 5.64. The van der Waals surface area contributed by atoms with Crippen molar-refractivity contribution in [1.29, 1.82) is 0 Å². The van der Waals surface area contributed by atoms with E-state index in [0.29, 0.717) is 10.6 Å². The van der Waals surface area contributed by atoms with Gasteiger partial charge in [0, 0.05) is 0 Å². The third-order valence-corrected chi connectivity index (χ3v) is 2.37. The molecule has 0 atom stereocenters. The molecule has 0 aliphatic carbocycles. The van der Waals surface area contributed by atoms with Crippen LogP contribution in [0.25, 0.3) is 0 Å². The molecular formula is C10H16N2O2S. The van der Waals surface area contributed by atoms with Gasteiger partial charge in [-0.15, -0.1) is 5.10 Å². The largest absolute Gasteiger partial charge is 0.456 e. The Labute approximate surface area is 93.8 Å². The summed E-state index contributed by atoms with van der Waals surface area (Å²) in [5.41, 5.74) is 0.240. The molecule has 0 aliphatic rings. The molecule has 0 saturated heterocycles. The summed E-state index contributed by atoms with van der Waals surface area (Å²) in [6.45, 7) is 9.48. The minimum atomic E-state index is -0.477. The summed E-state index contributed by atoms with van der Waals surface area (Å²) in [7, 11) is 0. The topological polar surface area (TPSA) is 52.1 Å². The van der Waals surface area contributed by atoms with Gasteiger partial charge in [-0.05, 0) is 38.2 Å². The number of ether oxygens (including phenoxy) is 1. The summed E-state index contributed by atoms with van der Waals surface area (Å²) >= 11 is 1.09. The highest BCUT2D eigenvalue weighted by molar-refractivity contribution is 7.07. The van der Waals surface area contributed by atoms with Crippen molar-refractivity contribution in [1.82, 2.24) is 9.59 Å². The molecule has 0 bridgehead atoms. The molecule has 0 unspecified atom stereocenters. The van der Waals surface area contributed by atoms with Gasteiger partial charge in [0.25, 0.3) is 0 Å². The highest BCUT2D eigenvalue weighted by Crippen LogP contribution is 2.22. The molecule has 84 valence electrons. The van der Waals surface area contributed by atoms with Gasteiger partial charge in [0.1, 0.15) is 5.60 Å². The average molecular weight is 228 g/mol. The van der Waals surface area contributed by atoms with E-state index in [1.165, 1.54) is 0 Å². The Balaban J connectivity index is 2.87. The monoisotopic (exact) mass is 228 g/mol. The molecule has 0 fully saturated rings. The van der Waals surface area contributed by atoms with E-state index < -0.39 is 5.60 Å². The van der Waals surface area contributed by atoms with Crippen LogP contribution in [0.3, 0.4) is 0 Å². The summed E-state index contributed by atoms with van der Waals surface area (Å²) in [5.74, 6) is -0.146. The highest BCUT2D eigenvalue weighted by Gasteiger charge is 2.24. The first kappa shape index (κ1) is 12.1. The second-order valence-corrected chi connectivity index (χ2v) is 5.40. The molecule has 1 aromatic rings. The lowest BCUT2D eigenvalue weighted by atomic mass is 10.1. The Hall–Kier alpha value is -0.970. The lowest BCUT2D eigenvalue weighted by molar-refractivity contribution is 0.00734. The van der Waals surface area contributed by atoms with Crippen LogP contribution in [0.5, 0.6) is 0 Å². The number of carbonyl (C=O) groups excluding carboxylic acids is 1. The zero-order valence-electron chi connectivity index (χ0n) is 9.70. The maximum absolute atomic E-state index is 11.8. The van der Waals surface area contributed by atoms with Crippen LogP contribution >= 0.6 is 11.5 Å². The zero-order chi connectivity index (χ0) is 11.6. The molecule has 5 heteroatoms. The summed E-state index contributed by atoms with van der Waals surface area (Å²) in [5, 5.41) is 3.93. The highest BCUT2D eigenvalue weighted by atomic mass is 32.1. The van der Waals surface area contributed by atoms with Crippen molar-refractivity contribution in [2.24, 2.45) is 0 Å². The van der Waals surface area contributed by atoms with Crippen LogP contribution in [0.2, 0.25) is 0 Å². The van der Waals surface area contributed by atoms with Gasteiger partial charge in [0.2, 0.25) is 0 Å². The van der Waals surface area contributed by atoms with Gasteiger partial charge >= 0.3 is 5.97 Å². The Bertz CT molecular complexity index is 353. The number of nitrogens with zero attached hydrogens (tertiary/aromatic N) is 2. The molecule has 0 aromatic carbocycles. The van der Waals surface area contributed by atoms with E-state index in [1.807, 2.05) is 34.6 Å².